The molecule has 0 amide bonds. The van der Waals surface area contributed by atoms with E-state index in [0.717, 1.165) is 50.7 Å². The summed E-state index contributed by atoms with van der Waals surface area (Å²) in [4.78, 5) is 25.3. The lowest BCUT2D eigenvalue weighted by Gasteiger charge is -2.39. The largest absolute Gasteiger partial charge is 0.491 e. The van der Waals surface area contributed by atoms with E-state index in [4.69, 9.17) is 29.6 Å². The summed E-state index contributed by atoms with van der Waals surface area (Å²) < 4.78 is 6.84. The second-order valence-electron chi connectivity index (χ2n) is 7.64. The molecular weight excluding hydrogens is 462 g/mol. The number of benzene rings is 1. The molecule has 2 aliphatic heterocycles. The maximum Gasteiger partial charge on any atom is 0.414 e. The molecule has 11 heteroatoms. The van der Waals surface area contributed by atoms with Gasteiger partial charge >= 0.3 is 11.9 Å². The predicted molar refractivity (Wildman–Crippen MR) is 128 cm³/mol. The van der Waals surface area contributed by atoms with Crippen molar-refractivity contribution in [2.45, 2.75) is 0 Å². The average Bonchev–Trinajstić information content (AvgIpc) is 3.32. The molecule has 0 unspecified atom stereocenters. The maximum absolute atomic E-state index is 9.17. The molecule has 2 aliphatic rings. The number of carbonyl (C=O) groups is 2. The van der Waals surface area contributed by atoms with E-state index in [-0.39, 0.29) is 13.2 Å². The van der Waals surface area contributed by atoms with E-state index in [1.54, 1.807) is 0 Å². The van der Waals surface area contributed by atoms with Crippen LogP contribution in [-0.2, 0) is 9.59 Å². The van der Waals surface area contributed by atoms with E-state index in [1.807, 2.05) is 23.5 Å². The molecule has 1 aromatic heterocycles. The summed E-state index contributed by atoms with van der Waals surface area (Å²) in [7, 11) is 0. The number of aliphatic hydroxyl groups excluding tert-OH is 2. The Labute approximate surface area is 200 Å². The molecule has 1 saturated heterocycles. The number of aliphatic hydroxyl groups is 2. The Morgan fingerprint density at radius 2 is 1.62 bits per heavy atom. The fourth-order valence-electron chi connectivity index (χ4n) is 3.79. The van der Waals surface area contributed by atoms with Gasteiger partial charge in [-0.05, 0) is 35.7 Å². The standard InChI is InChI=1S/C21H27N3O3S.C2H2O4/c25-11-10-22-6-8-23(9-7-22)20-16-24(15-17-5-14-28-21(17)20)18-1-3-19(4-2-18)27-13-12-26;3-1(4)2(5)6/h1-5,14-15,25-26H,6-13,16H2;(H,3,4)(H,5,6). The van der Waals surface area contributed by atoms with Gasteiger partial charge in [0.05, 0.1) is 30.0 Å². The summed E-state index contributed by atoms with van der Waals surface area (Å²) in [6.45, 7) is 6.15. The number of β-amino-alcohol motifs (C(OH)–C–C–N with tert-alkyl or cyclic N) is 1. The van der Waals surface area contributed by atoms with Crippen LogP contribution in [0.5, 0.6) is 5.75 Å². The lowest BCUT2D eigenvalue weighted by Crippen LogP contribution is -2.50. The molecule has 184 valence electrons. The smallest absolute Gasteiger partial charge is 0.414 e. The molecule has 10 nitrogen and oxygen atoms in total. The van der Waals surface area contributed by atoms with Crippen molar-refractivity contribution in [3.05, 3.63) is 45.5 Å². The van der Waals surface area contributed by atoms with Crippen molar-refractivity contribution in [1.29, 1.82) is 0 Å². The molecule has 0 saturated carbocycles. The second-order valence-corrected chi connectivity index (χ2v) is 8.55. The van der Waals surface area contributed by atoms with Crippen LogP contribution in [0.1, 0.15) is 0 Å². The molecule has 34 heavy (non-hydrogen) atoms. The highest BCUT2D eigenvalue weighted by atomic mass is 32.1. The van der Waals surface area contributed by atoms with Gasteiger partial charge in [-0.15, -0.1) is 11.3 Å². The van der Waals surface area contributed by atoms with Crippen molar-refractivity contribution in [3.8, 4) is 5.75 Å². The van der Waals surface area contributed by atoms with Crippen LogP contribution in [0.3, 0.4) is 0 Å². The van der Waals surface area contributed by atoms with Crippen LogP contribution >= 0.6 is 11.3 Å². The van der Waals surface area contributed by atoms with Crippen molar-refractivity contribution in [1.82, 2.24) is 9.80 Å². The van der Waals surface area contributed by atoms with Crippen LogP contribution in [-0.4, -0.2) is 101 Å². The number of ether oxygens (including phenoxy) is 1. The molecule has 0 atom stereocenters. The van der Waals surface area contributed by atoms with Gasteiger partial charge in [-0.3, -0.25) is 4.90 Å². The van der Waals surface area contributed by atoms with Crippen LogP contribution in [0, 0.1) is 0 Å². The summed E-state index contributed by atoms with van der Waals surface area (Å²) in [6, 6.07) is 10.2. The van der Waals surface area contributed by atoms with E-state index in [1.165, 1.54) is 15.4 Å². The van der Waals surface area contributed by atoms with E-state index in [9.17, 15) is 5.11 Å². The predicted octanol–water partition coefficient (Wildman–Crippen LogP) is -0.749. The number of rotatable bonds is 7. The van der Waals surface area contributed by atoms with Crippen molar-refractivity contribution in [3.63, 3.8) is 0 Å². The summed E-state index contributed by atoms with van der Waals surface area (Å²) in [5, 5.41) is 36.3. The zero-order valence-electron chi connectivity index (χ0n) is 18.7. The average molecular weight is 492 g/mol. The molecule has 0 bridgehead atoms. The summed E-state index contributed by atoms with van der Waals surface area (Å²) in [5.41, 5.74) is 2.52. The first kappa shape index (κ1) is 25.5. The van der Waals surface area contributed by atoms with Crippen molar-refractivity contribution < 1.29 is 34.8 Å². The topological polar surface area (TPSA) is 134 Å². The Hall–Kier alpha value is -3.12. The second kappa shape index (κ2) is 12.4. The minimum Gasteiger partial charge on any atom is -0.491 e. The number of hydrogen-bond donors (Lipinski definition) is 4. The SMILES string of the molecule is O=C(O)C(=O)O.OCCOc1ccc(N2C=c3ccsc3=C(N3CCN(CCO)CC3)C2)cc1. The van der Waals surface area contributed by atoms with Gasteiger partial charge in [-0.25, -0.2) is 9.59 Å². The van der Waals surface area contributed by atoms with Crippen molar-refractivity contribution >= 4 is 40.9 Å². The first-order valence-electron chi connectivity index (χ1n) is 10.9. The molecule has 1 fully saturated rings. The highest BCUT2D eigenvalue weighted by Crippen LogP contribution is 2.23. The van der Waals surface area contributed by atoms with E-state index in [2.05, 4.69) is 44.5 Å². The molecule has 4 N–H and O–H groups in total. The number of piperazine rings is 1. The molecule has 0 aliphatic carbocycles. The molecule has 4 rings (SSSR count). The molecule has 0 radical (unpaired) electrons. The van der Waals surface area contributed by atoms with Crippen LogP contribution in [0.15, 0.2) is 35.7 Å². The monoisotopic (exact) mass is 491 g/mol. The highest BCUT2D eigenvalue weighted by molar-refractivity contribution is 7.07. The number of nitrogens with zero attached hydrogens (tertiary/aromatic N) is 3. The summed E-state index contributed by atoms with van der Waals surface area (Å²) in [6.07, 6.45) is 2.22. The van der Waals surface area contributed by atoms with Gasteiger partial charge in [0.1, 0.15) is 12.4 Å². The van der Waals surface area contributed by atoms with Gasteiger partial charge in [0, 0.05) is 49.8 Å². The van der Waals surface area contributed by atoms with Gasteiger partial charge in [0.2, 0.25) is 0 Å². The van der Waals surface area contributed by atoms with Gasteiger partial charge in [-0.1, -0.05) is 0 Å². The quantitative estimate of drug-likeness (QED) is 0.367. The summed E-state index contributed by atoms with van der Waals surface area (Å²) >= 11 is 1.81. The van der Waals surface area contributed by atoms with Crippen LogP contribution in [0.25, 0.3) is 11.9 Å². The molecule has 3 heterocycles. The number of aliphatic carboxylic acids is 2. The molecule has 2 aromatic rings. The fourth-order valence-corrected chi connectivity index (χ4v) is 4.73. The Morgan fingerprint density at radius 3 is 2.21 bits per heavy atom. The highest BCUT2D eigenvalue weighted by Gasteiger charge is 2.23. The lowest BCUT2D eigenvalue weighted by atomic mass is 10.2. The van der Waals surface area contributed by atoms with Gasteiger partial charge in [0.25, 0.3) is 0 Å². The maximum atomic E-state index is 9.17. The van der Waals surface area contributed by atoms with Crippen LogP contribution in [0.2, 0.25) is 0 Å². The third kappa shape index (κ3) is 6.70. The summed E-state index contributed by atoms with van der Waals surface area (Å²) in [5.74, 6) is -2.87. The molecule has 1 aromatic carbocycles. The fraction of sp³-hybridized carbons (Fsp3) is 0.391. The number of fused-ring (bicyclic) bond motifs is 1. The van der Waals surface area contributed by atoms with E-state index < -0.39 is 11.9 Å². The number of carboxylic acid groups (broad SMARTS) is 2. The number of hydrogen-bond acceptors (Lipinski definition) is 9. The number of thiophene rings is 1. The first-order chi connectivity index (χ1) is 16.4. The Kier molecular flexibility index (Phi) is 9.28. The zero-order valence-corrected chi connectivity index (χ0v) is 19.5. The van der Waals surface area contributed by atoms with Gasteiger partial charge in [-0.2, -0.15) is 0 Å². The number of anilines is 1. The van der Waals surface area contributed by atoms with Gasteiger partial charge in [0.15, 0.2) is 0 Å². The minimum atomic E-state index is -1.82. The third-order valence-electron chi connectivity index (χ3n) is 5.45. The minimum absolute atomic E-state index is 0.0203. The Balaban J connectivity index is 0.000000481. The third-order valence-corrected chi connectivity index (χ3v) is 6.43. The Morgan fingerprint density at radius 1 is 0.941 bits per heavy atom. The first-order valence-corrected chi connectivity index (χ1v) is 11.7. The number of carboxylic acids is 2. The van der Waals surface area contributed by atoms with E-state index >= 15 is 0 Å². The Bertz CT molecular complexity index is 1070. The van der Waals surface area contributed by atoms with E-state index in [0.29, 0.717) is 6.61 Å². The van der Waals surface area contributed by atoms with Crippen LogP contribution < -0.4 is 19.4 Å². The van der Waals surface area contributed by atoms with Gasteiger partial charge < -0.3 is 35.0 Å². The zero-order chi connectivity index (χ0) is 24.5. The van der Waals surface area contributed by atoms with Crippen molar-refractivity contribution in [2.24, 2.45) is 0 Å². The normalized spacial score (nSPS) is 15.6. The lowest BCUT2D eigenvalue weighted by molar-refractivity contribution is -0.159. The van der Waals surface area contributed by atoms with Crippen molar-refractivity contribution in [2.75, 3.05) is 64.0 Å². The molecule has 0 spiro atoms. The molecular formula is C23H29N3O7S. The van der Waals surface area contributed by atoms with Crippen LogP contribution in [0.4, 0.5) is 5.69 Å².